The number of aliphatic hydroxyl groups is 1. The number of aliphatic hydroxyl groups excluding tert-OH is 1. The lowest BCUT2D eigenvalue weighted by atomic mass is 9.43. The standard InChI is InChI=1S/C22H36N2O3/c1-21-7-5-15(24-27-10-9-23)12-19(21)14(13-25)11-16-17-3-4-20(26)22(17,2)8-6-18(16)21/h14,16-19,25H,3-13,23H2,1-2H3/b24-15-/t14-,16-,17-,18-,19?,21+,22-/m0/s1. The van der Waals surface area contributed by atoms with Crippen molar-refractivity contribution in [2.45, 2.75) is 65.2 Å². The van der Waals surface area contributed by atoms with Gasteiger partial charge in [0.25, 0.3) is 0 Å². The van der Waals surface area contributed by atoms with Crippen molar-refractivity contribution in [3.63, 3.8) is 0 Å². The third-order valence-corrected chi connectivity index (χ3v) is 9.03. The second-order valence-corrected chi connectivity index (χ2v) is 10.1. The molecule has 4 rings (SSSR count). The number of ketones is 1. The van der Waals surface area contributed by atoms with Gasteiger partial charge in [-0.2, -0.15) is 0 Å². The highest BCUT2D eigenvalue weighted by molar-refractivity contribution is 5.87. The predicted molar refractivity (Wildman–Crippen MR) is 105 cm³/mol. The van der Waals surface area contributed by atoms with E-state index in [0.717, 1.165) is 50.7 Å². The monoisotopic (exact) mass is 376 g/mol. The number of fused-ring (bicyclic) bond motifs is 5. The van der Waals surface area contributed by atoms with Crippen LogP contribution in [0.2, 0.25) is 0 Å². The number of Topliss-reactive ketones (excluding diaryl/α,β-unsaturated/α-hetero) is 1. The van der Waals surface area contributed by atoms with Crippen LogP contribution in [0.4, 0.5) is 0 Å². The van der Waals surface area contributed by atoms with Gasteiger partial charge in [-0.05, 0) is 80.0 Å². The Bertz CT molecular complexity index is 621. The van der Waals surface area contributed by atoms with Gasteiger partial charge in [0.05, 0.1) is 5.71 Å². The van der Waals surface area contributed by atoms with Crippen molar-refractivity contribution in [3.8, 4) is 0 Å². The highest BCUT2D eigenvalue weighted by Gasteiger charge is 2.61. The van der Waals surface area contributed by atoms with Crippen LogP contribution in [0, 0.1) is 40.4 Å². The molecule has 0 heterocycles. The molecule has 0 aliphatic heterocycles. The lowest BCUT2D eigenvalue weighted by Crippen LogP contribution is -2.56. The minimum atomic E-state index is -0.0955. The van der Waals surface area contributed by atoms with Crippen molar-refractivity contribution in [3.05, 3.63) is 0 Å². The molecule has 3 N–H and O–H groups in total. The van der Waals surface area contributed by atoms with Crippen molar-refractivity contribution < 1.29 is 14.7 Å². The maximum atomic E-state index is 12.6. The molecule has 0 spiro atoms. The van der Waals surface area contributed by atoms with Crippen molar-refractivity contribution in [2.75, 3.05) is 19.8 Å². The first-order chi connectivity index (χ1) is 12.9. The fourth-order valence-electron chi connectivity index (χ4n) is 7.55. The van der Waals surface area contributed by atoms with E-state index in [1.807, 2.05) is 0 Å². The molecule has 0 saturated heterocycles. The number of hydrogen-bond acceptors (Lipinski definition) is 5. The average molecular weight is 377 g/mol. The van der Waals surface area contributed by atoms with E-state index in [0.29, 0.717) is 48.5 Å². The summed E-state index contributed by atoms with van der Waals surface area (Å²) >= 11 is 0. The molecule has 4 fully saturated rings. The van der Waals surface area contributed by atoms with Crippen molar-refractivity contribution in [2.24, 2.45) is 51.3 Å². The fraction of sp³-hybridized carbons (Fsp3) is 0.909. The SMILES string of the molecule is C[C@]12CC/C(=N/OCCN)CC1[C@H](CO)C[C@@H]1[C@@H]2CC[C@]2(C)C(=O)CC[C@@H]12. The highest BCUT2D eigenvalue weighted by atomic mass is 16.6. The van der Waals surface area contributed by atoms with E-state index < -0.39 is 0 Å². The van der Waals surface area contributed by atoms with E-state index in [1.54, 1.807) is 0 Å². The number of hydrogen-bond donors (Lipinski definition) is 2. The first-order valence-corrected chi connectivity index (χ1v) is 11.0. The smallest absolute Gasteiger partial charge is 0.139 e. The first-order valence-electron chi connectivity index (χ1n) is 11.0. The number of oxime groups is 1. The van der Waals surface area contributed by atoms with Crippen LogP contribution in [0.5, 0.6) is 0 Å². The predicted octanol–water partition coefficient (Wildman–Crippen LogP) is 3.15. The second kappa shape index (κ2) is 7.14. The van der Waals surface area contributed by atoms with Crippen LogP contribution in [0.1, 0.15) is 65.2 Å². The molecular formula is C22H36N2O3. The summed E-state index contributed by atoms with van der Waals surface area (Å²) in [6, 6.07) is 0. The molecule has 0 aromatic heterocycles. The molecule has 4 aliphatic rings. The molecule has 4 saturated carbocycles. The molecule has 4 aliphatic carbocycles. The van der Waals surface area contributed by atoms with Gasteiger partial charge in [0.15, 0.2) is 0 Å². The van der Waals surface area contributed by atoms with E-state index in [4.69, 9.17) is 10.6 Å². The molecule has 152 valence electrons. The molecular weight excluding hydrogens is 340 g/mol. The third kappa shape index (κ3) is 2.96. The van der Waals surface area contributed by atoms with Crippen LogP contribution < -0.4 is 5.73 Å². The number of carbonyl (C=O) groups excluding carboxylic acids is 1. The number of carbonyl (C=O) groups is 1. The van der Waals surface area contributed by atoms with Gasteiger partial charge in [-0.15, -0.1) is 0 Å². The Morgan fingerprint density at radius 2 is 2.00 bits per heavy atom. The Balaban J connectivity index is 1.59. The van der Waals surface area contributed by atoms with E-state index in [-0.39, 0.29) is 17.4 Å². The van der Waals surface area contributed by atoms with E-state index >= 15 is 0 Å². The zero-order chi connectivity index (χ0) is 19.2. The van der Waals surface area contributed by atoms with Crippen LogP contribution >= 0.6 is 0 Å². The normalized spacial score (nSPS) is 48.1. The molecule has 0 aromatic rings. The van der Waals surface area contributed by atoms with E-state index in [1.165, 1.54) is 6.42 Å². The lowest BCUT2D eigenvalue weighted by Gasteiger charge is -2.61. The zero-order valence-electron chi connectivity index (χ0n) is 17.0. The molecule has 7 atom stereocenters. The highest BCUT2D eigenvalue weighted by Crippen LogP contribution is 2.66. The molecule has 5 heteroatoms. The minimum Gasteiger partial charge on any atom is -0.396 e. The van der Waals surface area contributed by atoms with Gasteiger partial charge in [0, 0.05) is 25.0 Å². The van der Waals surface area contributed by atoms with Crippen LogP contribution in [0.3, 0.4) is 0 Å². The maximum absolute atomic E-state index is 12.6. The van der Waals surface area contributed by atoms with Gasteiger partial charge >= 0.3 is 0 Å². The van der Waals surface area contributed by atoms with Crippen LogP contribution in [-0.4, -0.2) is 36.4 Å². The molecule has 0 aromatic carbocycles. The van der Waals surface area contributed by atoms with Gasteiger partial charge < -0.3 is 15.7 Å². The summed E-state index contributed by atoms with van der Waals surface area (Å²) in [6.45, 7) is 5.89. The van der Waals surface area contributed by atoms with Gasteiger partial charge in [0.1, 0.15) is 12.4 Å². The Kier molecular flexibility index (Phi) is 5.13. The van der Waals surface area contributed by atoms with Gasteiger partial charge in [-0.1, -0.05) is 19.0 Å². The quantitative estimate of drug-likeness (QED) is 0.583. The largest absolute Gasteiger partial charge is 0.396 e. The number of nitrogens with zero attached hydrogens (tertiary/aromatic N) is 1. The van der Waals surface area contributed by atoms with E-state index in [9.17, 15) is 9.90 Å². The van der Waals surface area contributed by atoms with Gasteiger partial charge in [-0.3, -0.25) is 4.79 Å². The number of rotatable bonds is 4. The Morgan fingerprint density at radius 3 is 2.74 bits per heavy atom. The maximum Gasteiger partial charge on any atom is 0.139 e. The molecule has 0 bridgehead atoms. The summed E-state index contributed by atoms with van der Waals surface area (Å²) in [4.78, 5) is 18.0. The van der Waals surface area contributed by atoms with Crippen molar-refractivity contribution in [1.82, 2.24) is 0 Å². The number of nitrogens with two attached hydrogens (primary N) is 1. The third-order valence-electron chi connectivity index (χ3n) is 9.03. The summed E-state index contributed by atoms with van der Waals surface area (Å²) in [6.07, 6.45) is 8.19. The van der Waals surface area contributed by atoms with Crippen molar-refractivity contribution >= 4 is 11.5 Å². The first kappa shape index (κ1) is 19.4. The van der Waals surface area contributed by atoms with Crippen molar-refractivity contribution in [1.29, 1.82) is 0 Å². The average Bonchev–Trinajstić information content (AvgIpc) is 2.96. The summed E-state index contributed by atoms with van der Waals surface area (Å²) in [7, 11) is 0. The summed E-state index contributed by atoms with van der Waals surface area (Å²) < 4.78 is 0. The minimum absolute atomic E-state index is 0.0955. The zero-order valence-corrected chi connectivity index (χ0v) is 17.0. The molecule has 1 unspecified atom stereocenters. The molecule has 27 heavy (non-hydrogen) atoms. The summed E-state index contributed by atoms with van der Waals surface area (Å²) in [5.74, 6) is 3.09. The van der Waals surface area contributed by atoms with Crippen LogP contribution in [0.15, 0.2) is 5.16 Å². The van der Waals surface area contributed by atoms with Crippen LogP contribution in [-0.2, 0) is 9.63 Å². The fourth-order valence-corrected chi connectivity index (χ4v) is 7.55. The molecule has 0 radical (unpaired) electrons. The topological polar surface area (TPSA) is 84.9 Å². The summed E-state index contributed by atoms with van der Waals surface area (Å²) in [5, 5.41) is 14.6. The Labute approximate surface area is 163 Å². The lowest BCUT2D eigenvalue weighted by molar-refractivity contribution is -0.145. The van der Waals surface area contributed by atoms with Gasteiger partial charge in [0.2, 0.25) is 0 Å². The Morgan fingerprint density at radius 1 is 1.19 bits per heavy atom. The Hall–Kier alpha value is -0.940. The second-order valence-electron chi connectivity index (χ2n) is 10.1. The van der Waals surface area contributed by atoms with Gasteiger partial charge in [-0.25, -0.2) is 0 Å². The van der Waals surface area contributed by atoms with Crippen LogP contribution in [0.25, 0.3) is 0 Å². The molecule has 0 amide bonds. The molecule has 5 nitrogen and oxygen atoms in total. The summed E-state index contributed by atoms with van der Waals surface area (Å²) in [5.41, 5.74) is 6.79. The van der Waals surface area contributed by atoms with E-state index in [2.05, 4.69) is 19.0 Å².